The van der Waals surface area contributed by atoms with E-state index in [0.717, 1.165) is 25.9 Å². The van der Waals surface area contributed by atoms with Crippen molar-refractivity contribution < 1.29 is 19.2 Å². The summed E-state index contributed by atoms with van der Waals surface area (Å²) >= 11 is 0. The first kappa shape index (κ1) is 18.2. The van der Waals surface area contributed by atoms with Crippen molar-refractivity contribution in [1.29, 1.82) is 0 Å². The van der Waals surface area contributed by atoms with Crippen LogP contribution in [0.1, 0.15) is 42.2 Å². The van der Waals surface area contributed by atoms with Gasteiger partial charge in [0.15, 0.2) is 0 Å². The molecule has 0 bridgehead atoms. The molecule has 10 nitrogen and oxygen atoms in total. The molecule has 4 heterocycles. The van der Waals surface area contributed by atoms with Gasteiger partial charge in [0, 0.05) is 45.2 Å². The Hall–Kier alpha value is -2.20. The standard InChI is InChI=1S/C17H26N6O4/c18-14(24)15-19-13(27-20-15)11-21-7-3-17(26)4-8-23(10-12(17)9-21)16(25)22-5-1-2-6-22/h12,26H,1-11H2,(H2,18,24)/t12-,17-/m1/s1. The molecular formula is C17H26N6O4. The van der Waals surface area contributed by atoms with Crippen LogP contribution in [-0.4, -0.2) is 86.8 Å². The zero-order valence-electron chi connectivity index (χ0n) is 15.3. The summed E-state index contributed by atoms with van der Waals surface area (Å²) in [6.07, 6.45) is 3.38. The highest BCUT2D eigenvalue weighted by atomic mass is 16.5. The monoisotopic (exact) mass is 378 g/mol. The number of rotatable bonds is 3. The fourth-order valence-electron chi connectivity index (χ4n) is 4.41. The fraction of sp³-hybridized carbons (Fsp3) is 0.765. The Bertz CT molecular complexity index is 718. The molecule has 1 aromatic heterocycles. The lowest BCUT2D eigenvalue weighted by Gasteiger charge is -2.50. The van der Waals surface area contributed by atoms with E-state index in [9.17, 15) is 14.7 Å². The number of hydrogen-bond donors (Lipinski definition) is 2. The number of carbonyl (C=O) groups is 2. The molecule has 3 aliphatic rings. The summed E-state index contributed by atoms with van der Waals surface area (Å²) in [6.45, 7) is 4.54. The van der Waals surface area contributed by atoms with Crippen molar-refractivity contribution in [3.63, 3.8) is 0 Å². The molecule has 0 unspecified atom stereocenters. The molecule has 4 rings (SSSR count). The average Bonchev–Trinajstić information content (AvgIpc) is 3.33. The summed E-state index contributed by atoms with van der Waals surface area (Å²) in [7, 11) is 0. The Morgan fingerprint density at radius 3 is 2.59 bits per heavy atom. The van der Waals surface area contributed by atoms with Gasteiger partial charge in [-0.15, -0.1) is 0 Å². The SMILES string of the molecule is NC(=O)c1noc(CN2CC[C@@]3(O)CCN(C(=O)N4CCCC4)C[C@H]3C2)n1. The summed E-state index contributed by atoms with van der Waals surface area (Å²) in [5.41, 5.74) is 4.42. The van der Waals surface area contributed by atoms with Gasteiger partial charge >= 0.3 is 6.03 Å². The number of primary amides is 1. The Morgan fingerprint density at radius 1 is 1.15 bits per heavy atom. The van der Waals surface area contributed by atoms with Crippen LogP contribution in [0, 0.1) is 5.92 Å². The van der Waals surface area contributed by atoms with Gasteiger partial charge in [0.1, 0.15) is 0 Å². The van der Waals surface area contributed by atoms with Crippen LogP contribution in [0.15, 0.2) is 4.52 Å². The summed E-state index contributed by atoms with van der Waals surface area (Å²) in [5, 5.41) is 14.6. The lowest BCUT2D eigenvalue weighted by molar-refractivity contribution is -0.109. The second-order valence-corrected chi connectivity index (χ2v) is 7.83. The van der Waals surface area contributed by atoms with Crippen molar-refractivity contribution in [2.24, 2.45) is 11.7 Å². The zero-order valence-corrected chi connectivity index (χ0v) is 15.3. The summed E-state index contributed by atoms with van der Waals surface area (Å²) < 4.78 is 5.08. The van der Waals surface area contributed by atoms with E-state index in [-0.39, 0.29) is 17.8 Å². The highest BCUT2D eigenvalue weighted by Gasteiger charge is 2.46. The Kier molecular flexibility index (Phi) is 4.77. The second kappa shape index (κ2) is 7.08. The van der Waals surface area contributed by atoms with Gasteiger partial charge in [0.25, 0.3) is 11.7 Å². The van der Waals surface area contributed by atoms with Crippen LogP contribution in [0.3, 0.4) is 0 Å². The van der Waals surface area contributed by atoms with Gasteiger partial charge in [0.05, 0.1) is 12.1 Å². The van der Waals surface area contributed by atoms with Gasteiger partial charge in [-0.05, 0) is 25.7 Å². The Morgan fingerprint density at radius 2 is 1.89 bits per heavy atom. The van der Waals surface area contributed by atoms with E-state index >= 15 is 0 Å². The topological polar surface area (TPSA) is 129 Å². The van der Waals surface area contributed by atoms with Crippen LogP contribution in [0.5, 0.6) is 0 Å². The Labute approximate surface area is 157 Å². The molecule has 3 fully saturated rings. The molecule has 1 aromatic rings. The molecule has 3 saturated heterocycles. The van der Waals surface area contributed by atoms with E-state index in [0.29, 0.717) is 51.5 Å². The van der Waals surface area contributed by atoms with Crippen LogP contribution >= 0.6 is 0 Å². The van der Waals surface area contributed by atoms with E-state index in [2.05, 4.69) is 15.0 Å². The molecule has 0 aliphatic carbocycles. The van der Waals surface area contributed by atoms with Gasteiger partial charge in [0.2, 0.25) is 5.89 Å². The number of nitrogens with zero attached hydrogens (tertiary/aromatic N) is 5. The molecule has 2 atom stereocenters. The number of likely N-dealkylation sites (tertiary alicyclic amines) is 3. The number of nitrogens with two attached hydrogens (primary N) is 1. The first-order chi connectivity index (χ1) is 12.9. The lowest BCUT2D eigenvalue weighted by atomic mass is 9.75. The van der Waals surface area contributed by atoms with Crippen LogP contribution in [-0.2, 0) is 6.54 Å². The minimum absolute atomic E-state index is 0.0231. The van der Waals surface area contributed by atoms with Crippen LogP contribution in [0.25, 0.3) is 0 Å². The van der Waals surface area contributed by atoms with E-state index in [4.69, 9.17) is 10.3 Å². The zero-order chi connectivity index (χ0) is 19.0. The normalized spacial score (nSPS) is 29.0. The molecule has 27 heavy (non-hydrogen) atoms. The molecule has 3 N–H and O–H groups in total. The van der Waals surface area contributed by atoms with Crippen molar-refractivity contribution in [2.75, 3.05) is 39.3 Å². The number of hydrogen-bond acceptors (Lipinski definition) is 7. The summed E-state index contributed by atoms with van der Waals surface area (Å²) in [6, 6.07) is 0.0923. The summed E-state index contributed by atoms with van der Waals surface area (Å²) in [4.78, 5) is 33.7. The molecular weight excluding hydrogens is 352 g/mol. The Balaban J connectivity index is 1.39. The van der Waals surface area contributed by atoms with E-state index < -0.39 is 11.5 Å². The third-order valence-electron chi connectivity index (χ3n) is 6.05. The molecule has 148 valence electrons. The van der Waals surface area contributed by atoms with Crippen molar-refractivity contribution in [2.45, 2.75) is 37.8 Å². The number of aromatic nitrogens is 2. The molecule has 10 heteroatoms. The van der Waals surface area contributed by atoms with Crippen LogP contribution in [0.4, 0.5) is 4.79 Å². The molecule has 0 saturated carbocycles. The van der Waals surface area contributed by atoms with E-state index in [1.54, 1.807) is 0 Å². The smallest absolute Gasteiger partial charge is 0.320 e. The van der Waals surface area contributed by atoms with Gasteiger partial charge in [-0.3, -0.25) is 9.69 Å². The predicted octanol–water partition coefficient (Wildman–Crippen LogP) is -0.357. The number of piperidine rings is 2. The quantitative estimate of drug-likeness (QED) is 0.735. The molecule has 0 aromatic carbocycles. The van der Waals surface area contributed by atoms with Crippen molar-refractivity contribution in [1.82, 2.24) is 24.8 Å². The van der Waals surface area contributed by atoms with E-state index in [1.165, 1.54) is 0 Å². The number of aliphatic hydroxyl groups is 1. The molecule has 3 amide bonds. The van der Waals surface area contributed by atoms with Gasteiger partial charge < -0.3 is 25.2 Å². The number of urea groups is 1. The van der Waals surface area contributed by atoms with Crippen LogP contribution < -0.4 is 5.73 Å². The maximum Gasteiger partial charge on any atom is 0.320 e. The van der Waals surface area contributed by atoms with Gasteiger partial charge in [-0.1, -0.05) is 5.16 Å². The van der Waals surface area contributed by atoms with Gasteiger partial charge in [-0.2, -0.15) is 4.98 Å². The summed E-state index contributed by atoms with van der Waals surface area (Å²) in [5.74, 6) is -0.542. The minimum atomic E-state index is -0.731. The van der Waals surface area contributed by atoms with Crippen LogP contribution in [0.2, 0.25) is 0 Å². The number of fused-ring (bicyclic) bond motifs is 1. The lowest BCUT2D eigenvalue weighted by Crippen LogP contribution is -2.61. The molecule has 0 spiro atoms. The number of amides is 3. The second-order valence-electron chi connectivity index (χ2n) is 7.83. The first-order valence-electron chi connectivity index (χ1n) is 9.55. The van der Waals surface area contributed by atoms with Crippen molar-refractivity contribution in [3.05, 3.63) is 11.7 Å². The third-order valence-corrected chi connectivity index (χ3v) is 6.05. The minimum Gasteiger partial charge on any atom is -0.389 e. The van der Waals surface area contributed by atoms with E-state index in [1.807, 2.05) is 9.80 Å². The van der Waals surface area contributed by atoms with Crippen molar-refractivity contribution in [3.8, 4) is 0 Å². The maximum atomic E-state index is 12.7. The largest absolute Gasteiger partial charge is 0.389 e. The average molecular weight is 378 g/mol. The number of carbonyl (C=O) groups excluding carboxylic acids is 2. The maximum absolute atomic E-state index is 12.7. The fourth-order valence-corrected chi connectivity index (χ4v) is 4.41. The first-order valence-corrected chi connectivity index (χ1v) is 9.55. The highest BCUT2D eigenvalue weighted by molar-refractivity contribution is 5.88. The molecule has 0 radical (unpaired) electrons. The van der Waals surface area contributed by atoms with Gasteiger partial charge in [-0.25, -0.2) is 4.79 Å². The van der Waals surface area contributed by atoms with Crippen molar-refractivity contribution >= 4 is 11.9 Å². The third kappa shape index (κ3) is 3.63. The highest BCUT2D eigenvalue weighted by Crippen LogP contribution is 2.36. The molecule has 3 aliphatic heterocycles. The predicted molar refractivity (Wildman–Crippen MR) is 93.5 cm³/mol.